The van der Waals surface area contributed by atoms with Gasteiger partial charge < -0.3 is 4.57 Å². The van der Waals surface area contributed by atoms with Crippen LogP contribution in [0.15, 0.2) is 79.4 Å². The molecule has 102 valence electrons. The van der Waals surface area contributed by atoms with Gasteiger partial charge in [0.2, 0.25) is 0 Å². The molecule has 0 saturated heterocycles. The molecule has 1 heterocycles. The van der Waals surface area contributed by atoms with Gasteiger partial charge in [-0.1, -0.05) is 60.7 Å². The van der Waals surface area contributed by atoms with Gasteiger partial charge in [-0.25, -0.2) is 4.98 Å². The van der Waals surface area contributed by atoms with Crippen LogP contribution in [-0.2, 0) is 5.54 Å². The maximum absolute atomic E-state index is 5.71. The van der Waals surface area contributed by atoms with Crippen LogP contribution in [0.3, 0.4) is 0 Å². The van der Waals surface area contributed by atoms with Gasteiger partial charge in [0, 0.05) is 18.8 Å². The Balaban J connectivity index is 2.30. The van der Waals surface area contributed by atoms with Crippen molar-refractivity contribution in [1.29, 1.82) is 0 Å². The lowest BCUT2D eigenvalue weighted by molar-refractivity contribution is 0.441. The van der Waals surface area contributed by atoms with Gasteiger partial charge in [-0.3, -0.25) is 0 Å². The average molecular weight is 272 g/mol. The Bertz CT molecular complexity index is 683. The summed E-state index contributed by atoms with van der Waals surface area (Å²) in [5, 5.41) is 0. The van der Waals surface area contributed by atoms with E-state index in [0.29, 0.717) is 6.42 Å². The highest BCUT2D eigenvalue weighted by molar-refractivity contribution is 5.41. The number of hydrogen-bond acceptors (Lipinski definition) is 1. The lowest BCUT2D eigenvalue weighted by Gasteiger charge is -2.35. The minimum Gasteiger partial charge on any atom is -0.322 e. The zero-order valence-electron chi connectivity index (χ0n) is 11.7. The molecule has 3 rings (SSSR count). The number of imidazole rings is 1. The summed E-state index contributed by atoms with van der Waals surface area (Å²) in [7, 11) is 0. The van der Waals surface area contributed by atoms with E-state index in [2.05, 4.69) is 39.7 Å². The van der Waals surface area contributed by atoms with Crippen molar-refractivity contribution < 1.29 is 0 Å². The number of rotatable bonds is 4. The first-order valence-corrected chi connectivity index (χ1v) is 6.91. The number of terminal acetylenes is 1. The Labute approximate surface area is 125 Å². The van der Waals surface area contributed by atoms with Gasteiger partial charge in [-0.05, 0) is 11.1 Å². The smallest absolute Gasteiger partial charge is 0.107 e. The van der Waals surface area contributed by atoms with Gasteiger partial charge in [-0.2, -0.15) is 0 Å². The number of nitrogens with zero attached hydrogens (tertiary/aromatic N) is 2. The fraction of sp³-hybridized carbons (Fsp3) is 0.105. The second-order valence-corrected chi connectivity index (χ2v) is 4.94. The Morgan fingerprint density at radius 1 is 0.952 bits per heavy atom. The summed E-state index contributed by atoms with van der Waals surface area (Å²) in [5.74, 6) is 2.85. The van der Waals surface area contributed by atoms with E-state index in [1.54, 1.807) is 6.20 Å². The lowest BCUT2D eigenvalue weighted by Crippen LogP contribution is -2.35. The van der Waals surface area contributed by atoms with Gasteiger partial charge in [0.1, 0.15) is 5.54 Å². The van der Waals surface area contributed by atoms with E-state index in [4.69, 9.17) is 6.42 Å². The van der Waals surface area contributed by atoms with Crippen LogP contribution in [0.5, 0.6) is 0 Å². The first kappa shape index (κ1) is 13.2. The standard InChI is InChI=1S/C19H16N2/c1-2-13-19(21-15-14-20-16-21,17-9-5-3-6-10-17)18-11-7-4-8-12-18/h1,3-12,14-16H,13H2. The predicted molar refractivity (Wildman–Crippen MR) is 84.7 cm³/mol. The van der Waals surface area contributed by atoms with Crippen molar-refractivity contribution in [3.8, 4) is 12.3 Å². The van der Waals surface area contributed by atoms with Crippen molar-refractivity contribution in [2.24, 2.45) is 0 Å². The quantitative estimate of drug-likeness (QED) is 0.662. The van der Waals surface area contributed by atoms with Crippen LogP contribution in [-0.4, -0.2) is 9.55 Å². The molecule has 0 saturated carbocycles. The molecule has 0 unspecified atom stereocenters. The van der Waals surface area contributed by atoms with Gasteiger partial charge in [0.25, 0.3) is 0 Å². The summed E-state index contributed by atoms with van der Waals surface area (Å²) in [6.45, 7) is 0. The highest BCUT2D eigenvalue weighted by Gasteiger charge is 2.35. The Kier molecular flexibility index (Phi) is 3.57. The summed E-state index contributed by atoms with van der Waals surface area (Å²) in [6, 6.07) is 20.7. The molecule has 0 spiro atoms. The van der Waals surface area contributed by atoms with E-state index in [1.165, 1.54) is 0 Å². The topological polar surface area (TPSA) is 17.8 Å². The zero-order valence-corrected chi connectivity index (χ0v) is 11.7. The van der Waals surface area contributed by atoms with E-state index in [1.807, 2.05) is 48.9 Å². The summed E-state index contributed by atoms with van der Waals surface area (Å²) >= 11 is 0. The normalized spacial score (nSPS) is 11.0. The molecule has 0 aliphatic rings. The fourth-order valence-corrected chi connectivity index (χ4v) is 2.82. The van der Waals surface area contributed by atoms with E-state index in [0.717, 1.165) is 11.1 Å². The number of aromatic nitrogens is 2. The van der Waals surface area contributed by atoms with Gasteiger partial charge >= 0.3 is 0 Å². The Morgan fingerprint density at radius 3 is 1.95 bits per heavy atom. The highest BCUT2D eigenvalue weighted by atomic mass is 15.1. The molecular formula is C19H16N2. The fourth-order valence-electron chi connectivity index (χ4n) is 2.82. The van der Waals surface area contributed by atoms with E-state index >= 15 is 0 Å². The second-order valence-electron chi connectivity index (χ2n) is 4.94. The van der Waals surface area contributed by atoms with Crippen molar-refractivity contribution in [1.82, 2.24) is 9.55 Å². The third-order valence-electron chi connectivity index (χ3n) is 3.81. The third-order valence-corrected chi connectivity index (χ3v) is 3.81. The molecule has 2 aromatic carbocycles. The first-order valence-electron chi connectivity index (χ1n) is 6.91. The minimum atomic E-state index is -0.423. The zero-order chi connectivity index (χ0) is 14.5. The maximum Gasteiger partial charge on any atom is 0.107 e. The summed E-state index contributed by atoms with van der Waals surface area (Å²) < 4.78 is 2.09. The largest absolute Gasteiger partial charge is 0.322 e. The second kappa shape index (κ2) is 5.68. The molecule has 0 amide bonds. The molecule has 0 atom stereocenters. The van der Waals surface area contributed by atoms with Crippen molar-refractivity contribution in [2.75, 3.05) is 0 Å². The Morgan fingerprint density at radius 2 is 1.52 bits per heavy atom. The van der Waals surface area contributed by atoms with Crippen LogP contribution < -0.4 is 0 Å². The van der Waals surface area contributed by atoms with Crippen molar-refractivity contribution >= 4 is 0 Å². The summed E-state index contributed by atoms with van der Waals surface area (Å²) in [5.41, 5.74) is 1.90. The van der Waals surface area contributed by atoms with Crippen LogP contribution in [0.4, 0.5) is 0 Å². The number of hydrogen-bond donors (Lipinski definition) is 0. The van der Waals surface area contributed by atoms with Crippen LogP contribution >= 0.6 is 0 Å². The molecule has 0 aliphatic heterocycles. The third kappa shape index (κ3) is 2.23. The minimum absolute atomic E-state index is 0.423. The van der Waals surface area contributed by atoms with Crippen LogP contribution in [0, 0.1) is 12.3 Å². The Hall–Kier alpha value is -2.79. The van der Waals surface area contributed by atoms with Crippen molar-refractivity contribution in [3.05, 3.63) is 90.5 Å². The predicted octanol–water partition coefficient (Wildman–Crippen LogP) is 3.70. The first-order chi connectivity index (χ1) is 10.4. The van der Waals surface area contributed by atoms with Crippen molar-refractivity contribution in [3.63, 3.8) is 0 Å². The lowest BCUT2D eigenvalue weighted by atomic mass is 9.80. The molecule has 2 nitrogen and oxygen atoms in total. The van der Waals surface area contributed by atoms with Crippen molar-refractivity contribution in [2.45, 2.75) is 12.0 Å². The van der Waals surface area contributed by atoms with E-state index in [9.17, 15) is 0 Å². The molecule has 0 N–H and O–H groups in total. The van der Waals surface area contributed by atoms with Gasteiger partial charge in [0.05, 0.1) is 6.33 Å². The SMILES string of the molecule is C#CCC(c1ccccc1)(c1ccccc1)n1ccnc1. The molecule has 0 fully saturated rings. The molecule has 1 aromatic heterocycles. The molecule has 21 heavy (non-hydrogen) atoms. The maximum atomic E-state index is 5.71. The monoisotopic (exact) mass is 272 g/mol. The van der Waals surface area contributed by atoms with E-state index in [-0.39, 0.29) is 0 Å². The summed E-state index contributed by atoms with van der Waals surface area (Å²) in [6.07, 6.45) is 11.9. The molecule has 0 aliphatic carbocycles. The van der Waals surface area contributed by atoms with E-state index < -0.39 is 5.54 Å². The molecule has 0 bridgehead atoms. The molecular weight excluding hydrogens is 256 g/mol. The van der Waals surface area contributed by atoms with Crippen LogP contribution in [0.2, 0.25) is 0 Å². The summed E-state index contributed by atoms with van der Waals surface area (Å²) in [4.78, 5) is 4.22. The molecule has 0 radical (unpaired) electrons. The van der Waals surface area contributed by atoms with Gasteiger partial charge in [0.15, 0.2) is 0 Å². The van der Waals surface area contributed by atoms with Gasteiger partial charge in [-0.15, -0.1) is 12.3 Å². The number of benzene rings is 2. The molecule has 3 aromatic rings. The van der Waals surface area contributed by atoms with Crippen LogP contribution in [0.25, 0.3) is 0 Å². The molecule has 2 heteroatoms. The highest BCUT2D eigenvalue weighted by Crippen LogP contribution is 2.36. The van der Waals surface area contributed by atoms with Crippen LogP contribution in [0.1, 0.15) is 17.5 Å². The average Bonchev–Trinajstić information content (AvgIpc) is 3.09.